The molecule has 4 nitrogen and oxygen atoms in total. The summed E-state index contributed by atoms with van der Waals surface area (Å²) < 4.78 is 40.4. The number of halogens is 3. The summed E-state index contributed by atoms with van der Waals surface area (Å²) in [5.74, 6) is -2.97. The van der Waals surface area contributed by atoms with Gasteiger partial charge in [0.15, 0.2) is 0 Å². The molecule has 2 rings (SSSR count). The summed E-state index contributed by atoms with van der Waals surface area (Å²) in [5.41, 5.74) is 5.67. The van der Waals surface area contributed by atoms with Crippen LogP contribution in [0.3, 0.4) is 0 Å². The van der Waals surface area contributed by atoms with Crippen LogP contribution in [0.25, 0.3) is 0 Å². The van der Waals surface area contributed by atoms with E-state index < -0.39 is 23.0 Å². The van der Waals surface area contributed by atoms with E-state index in [0.717, 1.165) is 10.9 Å². The first-order valence-electron chi connectivity index (χ1n) is 4.97. The average Bonchev–Trinajstić information content (AvgIpc) is 2.55. The summed E-state index contributed by atoms with van der Waals surface area (Å²) >= 11 is 0. The molecule has 1 aromatic carbocycles. The Morgan fingerprint density at radius 1 is 1.28 bits per heavy atom. The molecule has 0 saturated heterocycles. The van der Waals surface area contributed by atoms with Crippen molar-refractivity contribution in [2.45, 2.75) is 6.92 Å². The molecule has 7 heteroatoms. The van der Waals surface area contributed by atoms with Crippen LogP contribution in [0, 0.1) is 24.4 Å². The van der Waals surface area contributed by atoms with Crippen LogP contribution in [0.2, 0.25) is 0 Å². The van der Waals surface area contributed by atoms with E-state index in [9.17, 15) is 13.2 Å². The van der Waals surface area contributed by atoms with Gasteiger partial charge in [-0.15, -0.1) is 0 Å². The van der Waals surface area contributed by atoms with Crippen molar-refractivity contribution in [3.8, 4) is 0 Å². The fourth-order valence-corrected chi connectivity index (χ4v) is 1.39. The first kappa shape index (κ1) is 12.2. The van der Waals surface area contributed by atoms with Gasteiger partial charge in [-0.05, 0) is 6.92 Å². The van der Waals surface area contributed by atoms with Crippen LogP contribution in [0.15, 0.2) is 23.4 Å². The largest absolute Gasteiger partial charge is 0.368 e. The van der Waals surface area contributed by atoms with E-state index in [1.807, 2.05) is 0 Å². The van der Waals surface area contributed by atoms with Crippen LogP contribution >= 0.6 is 0 Å². The van der Waals surface area contributed by atoms with Gasteiger partial charge in [0.2, 0.25) is 5.95 Å². The van der Waals surface area contributed by atoms with E-state index in [4.69, 9.17) is 5.73 Å². The van der Waals surface area contributed by atoms with Gasteiger partial charge >= 0.3 is 0 Å². The van der Waals surface area contributed by atoms with Gasteiger partial charge in [0.05, 0.1) is 23.7 Å². The van der Waals surface area contributed by atoms with Crippen molar-refractivity contribution >= 4 is 12.2 Å². The average molecular weight is 254 g/mol. The summed E-state index contributed by atoms with van der Waals surface area (Å²) in [6.07, 6.45) is 2.41. The number of aromatic nitrogens is 2. The fraction of sp³-hybridized carbons (Fsp3) is 0.0909. The number of aryl methyl sites for hydroxylation is 1. The van der Waals surface area contributed by atoms with Crippen LogP contribution in [0.1, 0.15) is 11.3 Å². The second-order valence-electron chi connectivity index (χ2n) is 3.61. The molecular formula is C11H9F3N4. The maximum absolute atomic E-state index is 13.3. The number of nitrogen functional groups attached to an aromatic ring is 1. The SMILES string of the molecule is Cc1cn(N=Cc2c(F)cc(F)cc2F)c(N)n1. The Labute approximate surface area is 101 Å². The quantitative estimate of drug-likeness (QED) is 0.834. The van der Waals surface area contributed by atoms with E-state index in [2.05, 4.69) is 10.1 Å². The van der Waals surface area contributed by atoms with Crippen molar-refractivity contribution in [1.82, 2.24) is 9.66 Å². The molecule has 0 bridgehead atoms. The number of benzene rings is 1. The number of nitrogens with two attached hydrogens (primary N) is 1. The van der Waals surface area contributed by atoms with Gasteiger partial charge < -0.3 is 5.73 Å². The Balaban J connectivity index is 2.37. The van der Waals surface area contributed by atoms with Crippen LogP contribution in [-0.4, -0.2) is 15.9 Å². The fourth-order valence-electron chi connectivity index (χ4n) is 1.39. The third kappa shape index (κ3) is 2.34. The van der Waals surface area contributed by atoms with Gasteiger partial charge in [-0.2, -0.15) is 5.10 Å². The maximum atomic E-state index is 13.3. The third-order valence-corrected chi connectivity index (χ3v) is 2.19. The lowest BCUT2D eigenvalue weighted by molar-refractivity contribution is 0.541. The molecule has 1 heterocycles. The predicted octanol–water partition coefficient (Wildman–Crippen LogP) is 2.07. The lowest BCUT2D eigenvalue weighted by Crippen LogP contribution is -2.00. The number of nitrogens with zero attached hydrogens (tertiary/aromatic N) is 3. The minimum Gasteiger partial charge on any atom is -0.368 e. The highest BCUT2D eigenvalue weighted by Crippen LogP contribution is 2.13. The van der Waals surface area contributed by atoms with Crippen molar-refractivity contribution < 1.29 is 13.2 Å². The Kier molecular flexibility index (Phi) is 3.05. The molecule has 0 saturated carbocycles. The Morgan fingerprint density at radius 3 is 2.39 bits per heavy atom. The number of imidazole rings is 1. The molecule has 0 spiro atoms. The Hall–Kier alpha value is -2.31. The second-order valence-corrected chi connectivity index (χ2v) is 3.61. The minimum absolute atomic E-state index is 0.0895. The maximum Gasteiger partial charge on any atom is 0.221 e. The molecule has 18 heavy (non-hydrogen) atoms. The van der Waals surface area contributed by atoms with Gasteiger partial charge in [-0.3, -0.25) is 0 Å². The second kappa shape index (κ2) is 4.52. The molecule has 0 aliphatic heterocycles. The van der Waals surface area contributed by atoms with E-state index in [0.29, 0.717) is 17.8 Å². The van der Waals surface area contributed by atoms with Crippen molar-refractivity contribution in [1.29, 1.82) is 0 Å². The molecule has 2 aromatic rings. The summed E-state index contributed by atoms with van der Waals surface area (Å²) in [6.45, 7) is 1.70. The topological polar surface area (TPSA) is 56.2 Å². The molecule has 0 fully saturated rings. The predicted molar refractivity (Wildman–Crippen MR) is 60.7 cm³/mol. The van der Waals surface area contributed by atoms with Gasteiger partial charge in [0, 0.05) is 12.1 Å². The molecule has 94 valence electrons. The van der Waals surface area contributed by atoms with Crippen molar-refractivity contribution in [2.75, 3.05) is 5.73 Å². The molecule has 0 unspecified atom stereocenters. The van der Waals surface area contributed by atoms with E-state index in [1.54, 1.807) is 6.92 Å². The minimum atomic E-state index is -1.04. The number of rotatable bonds is 2. The monoisotopic (exact) mass is 254 g/mol. The number of anilines is 1. The summed E-state index contributed by atoms with van der Waals surface area (Å²) in [7, 11) is 0. The lowest BCUT2D eigenvalue weighted by Gasteiger charge is -2.00. The van der Waals surface area contributed by atoms with Crippen molar-refractivity contribution in [2.24, 2.45) is 5.10 Å². The Bertz CT molecular complexity index is 596. The van der Waals surface area contributed by atoms with Gasteiger partial charge in [-0.25, -0.2) is 22.8 Å². The zero-order valence-electron chi connectivity index (χ0n) is 9.36. The smallest absolute Gasteiger partial charge is 0.221 e. The highest BCUT2D eigenvalue weighted by molar-refractivity contribution is 5.80. The highest BCUT2D eigenvalue weighted by atomic mass is 19.1. The summed E-state index contributed by atoms with van der Waals surface area (Å²) in [5, 5.41) is 3.75. The zero-order chi connectivity index (χ0) is 13.3. The molecule has 2 N–H and O–H groups in total. The molecule has 0 amide bonds. The molecule has 0 aliphatic rings. The summed E-state index contributed by atoms with van der Waals surface area (Å²) in [4.78, 5) is 3.86. The molecule has 1 aromatic heterocycles. The Morgan fingerprint density at radius 2 is 1.89 bits per heavy atom. The van der Waals surface area contributed by atoms with E-state index >= 15 is 0 Å². The highest BCUT2D eigenvalue weighted by Gasteiger charge is 2.09. The molecule has 0 radical (unpaired) electrons. The molecule has 0 aliphatic carbocycles. The van der Waals surface area contributed by atoms with Crippen LogP contribution in [0.4, 0.5) is 19.1 Å². The third-order valence-electron chi connectivity index (χ3n) is 2.19. The summed E-state index contributed by atoms with van der Waals surface area (Å²) in [6, 6.07) is 1.15. The van der Waals surface area contributed by atoms with E-state index in [-0.39, 0.29) is 5.95 Å². The van der Waals surface area contributed by atoms with Crippen molar-refractivity contribution in [3.05, 3.63) is 47.0 Å². The van der Waals surface area contributed by atoms with Crippen LogP contribution in [0.5, 0.6) is 0 Å². The van der Waals surface area contributed by atoms with Crippen molar-refractivity contribution in [3.63, 3.8) is 0 Å². The van der Waals surface area contributed by atoms with Gasteiger partial charge in [0.1, 0.15) is 17.5 Å². The van der Waals surface area contributed by atoms with Gasteiger partial charge in [-0.1, -0.05) is 0 Å². The normalized spacial score (nSPS) is 11.3. The van der Waals surface area contributed by atoms with E-state index in [1.165, 1.54) is 6.20 Å². The lowest BCUT2D eigenvalue weighted by atomic mass is 10.2. The number of hydrogen-bond acceptors (Lipinski definition) is 3. The molecular weight excluding hydrogens is 245 g/mol. The molecule has 0 atom stereocenters. The number of hydrogen-bond donors (Lipinski definition) is 1. The van der Waals surface area contributed by atoms with Crippen LogP contribution in [-0.2, 0) is 0 Å². The van der Waals surface area contributed by atoms with Gasteiger partial charge in [0.25, 0.3) is 0 Å². The first-order chi connectivity index (χ1) is 8.47. The first-order valence-corrected chi connectivity index (χ1v) is 4.97. The standard InChI is InChI=1S/C11H9F3N4/c1-6-5-18(11(15)17-6)16-4-8-9(13)2-7(12)3-10(8)14/h2-5H,1H3,(H2,15,17). The van der Waals surface area contributed by atoms with Crippen LogP contribution < -0.4 is 5.73 Å². The zero-order valence-corrected chi connectivity index (χ0v) is 9.36.